The third kappa shape index (κ3) is 3.19. The van der Waals surface area contributed by atoms with E-state index in [1.165, 1.54) is 0 Å². The minimum atomic E-state index is -0.412. The maximum absolute atomic E-state index is 11.2. The molecule has 1 aliphatic rings. The van der Waals surface area contributed by atoms with Crippen LogP contribution >= 0.6 is 0 Å². The van der Waals surface area contributed by atoms with E-state index in [9.17, 15) is 10.1 Å². The number of rotatable bonds is 6. The van der Waals surface area contributed by atoms with E-state index < -0.39 is 4.92 Å². The van der Waals surface area contributed by atoms with Gasteiger partial charge in [0.05, 0.1) is 17.1 Å². The van der Waals surface area contributed by atoms with E-state index in [-0.39, 0.29) is 11.3 Å². The number of nitrogens with one attached hydrogen (secondary N) is 1. The summed E-state index contributed by atoms with van der Waals surface area (Å²) in [7, 11) is 0. The molecule has 110 valence electrons. The Morgan fingerprint density at radius 1 is 1.55 bits per heavy atom. The van der Waals surface area contributed by atoms with Crippen LogP contribution in [0.5, 0.6) is 5.75 Å². The van der Waals surface area contributed by atoms with Crippen molar-refractivity contribution in [2.45, 2.75) is 32.3 Å². The Morgan fingerprint density at radius 2 is 2.35 bits per heavy atom. The highest BCUT2D eigenvalue weighted by molar-refractivity contribution is 5.68. The summed E-state index contributed by atoms with van der Waals surface area (Å²) in [4.78, 5) is 10.8. The molecular formula is C14H20N2O4. The minimum Gasteiger partial charge on any atom is -0.487 e. The number of ether oxygens (including phenoxy) is 2. The molecule has 1 aromatic carbocycles. The third-order valence-corrected chi connectivity index (χ3v) is 3.43. The van der Waals surface area contributed by atoms with Gasteiger partial charge in [0, 0.05) is 13.2 Å². The average molecular weight is 280 g/mol. The monoisotopic (exact) mass is 280 g/mol. The van der Waals surface area contributed by atoms with Crippen LogP contribution < -0.4 is 10.1 Å². The standard InChI is InChI=1S/C14H20N2O4/c1-3-19-12-7-4-6-11(13(12)16(17)18)15-10-14(2)8-5-9-20-14/h4,6-7,15H,3,5,8-10H2,1-2H3. The first-order valence-electron chi connectivity index (χ1n) is 6.84. The van der Waals surface area contributed by atoms with Crippen molar-refractivity contribution >= 4 is 11.4 Å². The van der Waals surface area contributed by atoms with E-state index in [0.717, 1.165) is 19.4 Å². The van der Waals surface area contributed by atoms with Crippen molar-refractivity contribution in [3.8, 4) is 5.75 Å². The average Bonchev–Trinajstić information content (AvgIpc) is 2.84. The molecule has 1 fully saturated rings. The Balaban J connectivity index is 2.18. The number of para-hydroxylation sites is 1. The predicted octanol–water partition coefficient (Wildman–Crippen LogP) is 2.97. The molecule has 6 heteroatoms. The molecule has 0 spiro atoms. The fraction of sp³-hybridized carbons (Fsp3) is 0.571. The number of hydrogen-bond donors (Lipinski definition) is 1. The summed E-state index contributed by atoms with van der Waals surface area (Å²) in [6.45, 7) is 5.51. The first-order valence-corrected chi connectivity index (χ1v) is 6.84. The van der Waals surface area contributed by atoms with Crippen molar-refractivity contribution in [2.24, 2.45) is 0 Å². The second-order valence-corrected chi connectivity index (χ2v) is 5.10. The largest absolute Gasteiger partial charge is 0.487 e. The van der Waals surface area contributed by atoms with E-state index in [0.29, 0.717) is 24.6 Å². The van der Waals surface area contributed by atoms with Gasteiger partial charge in [0.25, 0.3) is 0 Å². The molecule has 0 amide bonds. The minimum absolute atomic E-state index is 0.0176. The van der Waals surface area contributed by atoms with Crippen molar-refractivity contribution in [2.75, 3.05) is 25.1 Å². The highest BCUT2D eigenvalue weighted by atomic mass is 16.6. The Bertz CT molecular complexity index is 484. The summed E-state index contributed by atoms with van der Waals surface area (Å²) >= 11 is 0. The van der Waals surface area contributed by atoms with Crippen LogP contribution in [0.4, 0.5) is 11.4 Å². The van der Waals surface area contributed by atoms with Crippen molar-refractivity contribution in [3.63, 3.8) is 0 Å². The summed E-state index contributed by atoms with van der Waals surface area (Å²) in [6, 6.07) is 5.05. The Kier molecular flexibility index (Phi) is 4.44. The number of nitro benzene ring substituents is 1. The van der Waals surface area contributed by atoms with Crippen LogP contribution in [0.25, 0.3) is 0 Å². The van der Waals surface area contributed by atoms with Gasteiger partial charge in [0.15, 0.2) is 5.75 Å². The van der Waals surface area contributed by atoms with Gasteiger partial charge in [-0.05, 0) is 38.8 Å². The zero-order valence-corrected chi connectivity index (χ0v) is 11.8. The first kappa shape index (κ1) is 14.6. The van der Waals surface area contributed by atoms with Gasteiger partial charge in [-0.3, -0.25) is 10.1 Å². The van der Waals surface area contributed by atoms with Gasteiger partial charge in [0.2, 0.25) is 0 Å². The number of anilines is 1. The van der Waals surface area contributed by atoms with Gasteiger partial charge in [0.1, 0.15) is 5.69 Å². The molecule has 2 rings (SSSR count). The number of nitrogens with zero attached hydrogens (tertiary/aromatic N) is 1. The van der Waals surface area contributed by atoms with Crippen LogP contribution in [-0.2, 0) is 4.74 Å². The lowest BCUT2D eigenvalue weighted by Gasteiger charge is -2.24. The van der Waals surface area contributed by atoms with E-state index in [1.807, 2.05) is 6.92 Å². The van der Waals surface area contributed by atoms with Crippen molar-refractivity contribution < 1.29 is 14.4 Å². The third-order valence-electron chi connectivity index (χ3n) is 3.43. The zero-order valence-electron chi connectivity index (χ0n) is 11.8. The molecule has 0 radical (unpaired) electrons. The maximum Gasteiger partial charge on any atom is 0.333 e. The normalized spacial score (nSPS) is 21.7. The van der Waals surface area contributed by atoms with E-state index in [2.05, 4.69) is 5.32 Å². The summed E-state index contributed by atoms with van der Waals surface area (Å²) in [5.41, 5.74) is 0.198. The van der Waals surface area contributed by atoms with Gasteiger partial charge >= 0.3 is 5.69 Å². The molecule has 0 bridgehead atoms. The Hall–Kier alpha value is -1.82. The molecule has 1 heterocycles. The highest BCUT2D eigenvalue weighted by Gasteiger charge is 2.30. The molecule has 0 aromatic heterocycles. The number of benzene rings is 1. The van der Waals surface area contributed by atoms with Crippen molar-refractivity contribution in [3.05, 3.63) is 28.3 Å². The number of hydrogen-bond acceptors (Lipinski definition) is 5. The van der Waals surface area contributed by atoms with E-state index in [1.54, 1.807) is 25.1 Å². The molecule has 6 nitrogen and oxygen atoms in total. The quantitative estimate of drug-likeness (QED) is 0.640. The molecule has 1 N–H and O–H groups in total. The molecule has 0 saturated carbocycles. The van der Waals surface area contributed by atoms with Crippen molar-refractivity contribution in [1.29, 1.82) is 0 Å². The van der Waals surface area contributed by atoms with Crippen LogP contribution in [0.1, 0.15) is 26.7 Å². The molecule has 1 saturated heterocycles. The molecule has 20 heavy (non-hydrogen) atoms. The molecule has 1 unspecified atom stereocenters. The van der Waals surface area contributed by atoms with Gasteiger partial charge < -0.3 is 14.8 Å². The SMILES string of the molecule is CCOc1cccc(NCC2(C)CCCO2)c1[N+](=O)[O-]. The van der Waals surface area contributed by atoms with E-state index >= 15 is 0 Å². The van der Waals surface area contributed by atoms with Gasteiger partial charge in [-0.25, -0.2) is 0 Å². The lowest BCUT2D eigenvalue weighted by atomic mass is 10.0. The first-order chi connectivity index (χ1) is 9.56. The second kappa shape index (κ2) is 6.09. The summed E-state index contributed by atoms with van der Waals surface area (Å²) in [6.07, 6.45) is 1.98. The van der Waals surface area contributed by atoms with Crippen LogP contribution in [0, 0.1) is 10.1 Å². The lowest BCUT2D eigenvalue weighted by molar-refractivity contribution is -0.384. The number of nitro groups is 1. The molecule has 1 aliphatic heterocycles. The fourth-order valence-electron chi connectivity index (χ4n) is 2.38. The van der Waals surface area contributed by atoms with Gasteiger partial charge in [-0.1, -0.05) is 6.07 Å². The highest BCUT2D eigenvalue weighted by Crippen LogP contribution is 2.35. The smallest absolute Gasteiger partial charge is 0.333 e. The van der Waals surface area contributed by atoms with Crippen LogP contribution in [-0.4, -0.2) is 30.3 Å². The predicted molar refractivity (Wildman–Crippen MR) is 76.3 cm³/mol. The summed E-state index contributed by atoms with van der Waals surface area (Å²) in [5.74, 6) is 0.292. The molecule has 1 aromatic rings. The van der Waals surface area contributed by atoms with Gasteiger partial charge in [-0.15, -0.1) is 0 Å². The van der Waals surface area contributed by atoms with Gasteiger partial charge in [-0.2, -0.15) is 0 Å². The second-order valence-electron chi connectivity index (χ2n) is 5.10. The van der Waals surface area contributed by atoms with E-state index in [4.69, 9.17) is 9.47 Å². The van der Waals surface area contributed by atoms with Crippen LogP contribution in [0.3, 0.4) is 0 Å². The zero-order chi connectivity index (χ0) is 14.6. The Labute approximate surface area is 118 Å². The van der Waals surface area contributed by atoms with Crippen LogP contribution in [0.2, 0.25) is 0 Å². The van der Waals surface area contributed by atoms with Crippen molar-refractivity contribution in [1.82, 2.24) is 0 Å². The lowest BCUT2D eigenvalue weighted by Crippen LogP contribution is -2.32. The Morgan fingerprint density at radius 3 is 2.95 bits per heavy atom. The fourth-order valence-corrected chi connectivity index (χ4v) is 2.38. The topological polar surface area (TPSA) is 73.6 Å². The maximum atomic E-state index is 11.2. The summed E-state index contributed by atoms with van der Waals surface area (Å²) in [5, 5.41) is 14.4. The molecule has 0 aliphatic carbocycles. The molecular weight excluding hydrogens is 260 g/mol. The molecule has 1 atom stereocenters. The summed E-state index contributed by atoms with van der Waals surface area (Å²) < 4.78 is 11.0. The van der Waals surface area contributed by atoms with Crippen LogP contribution in [0.15, 0.2) is 18.2 Å².